The molecular formula is C30H35BrN6O6S. The normalized spacial score (nSPS) is 21.6. The average Bonchev–Trinajstić information content (AvgIpc) is 2.99. The average molecular weight is 688 g/mol. The first-order valence-electron chi connectivity index (χ1n) is 14.1. The summed E-state index contributed by atoms with van der Waals surface area (Å²) in [6, 6.07) is 17.8. The number of halogens is 1. The summed E-state index contributed by atoms with van der Waals surface area (Å²) in [4.78, 5) is 30.5. The van der Waals surface area contributed by atoms with E-state index in [0.717, 1.165) is 9.37 Å². The molecule has 0 bridgehead atoms. The highest BCUT2D eigenvalue weighted by Gasteiger charge is 2.52. The molecule has 0 aliphatic carbocycles. The summed E-state index contributed by atoms with van der Waals surface area (Å²) < 4.78 is 33.8. The third-order valence-electron chi connectivity index (χ3n) is 7.65. The minimum atomic E-state index is -3.79. The third kappa shape index (κ3) is 7.03. The number of anilines is 1. The number of sulfonamides is 1. The maximum Gasteiger partial charge on any atom is 0.297 e. The molecule has 12 nitrogen and oxygen atoms in total. The number of imide groups is 1. The first-order chi connectivity index (χ1) is 21.0. The van der Waals surface area contributed by atoms with Gasteiger partial charge in [0.2, 0.25) is 10.0 Å². The number of nitrogens with zero attached hydrogens (tertiary/aromatic N) is 3. The van der Waals surface area contributed by atoms with Crippen molar-refractivity contribution >= 4 is 43.5 Å². The Morgan fingerprint density at radius 1 is 0.977 bits per heavy atom. The van der Waals surface area contributed by atoms with E-state index in [0.29, 0.717) is 43.4 Å². The van der Waals surface area contributed by atoms with E-state index >= 15 is 0 Å². The maximum absolute atomic E-state index is 14.6. The molecule has 2 unspecified atom stereocenters. The van der Waals surface area contributed by atoms with Gasteiger partial charge in [-0.3, -0.25) is 20.2 Å². The minimum absolute atomic E-state index is 0.00290. The Bertz CT molecular complexity index is 1580. The largest absolute Gasteiger partial charge is 0.631 e. The second kappa shape index (κ2) is 13.4. The first kappa shape index (κ1) is 32.2. The van der Waals surface area contributed by atoms with Gasteiger partial charge < -0.3 is 19.5 Å². The van der Waals surface area contributed by atoms with Crippen molar-refractivity contribution in [2.75, 3.05) is 58.4 Å². The molecule has 2 amide bonds. The van der Waals surface area contributed by atoms with Crippen molar-refractivity contribution in [2.45, 2.75) is 17.0 Å². The number of hydroxylamine groups is 3. The van der Waals surface area contributed by atoms with Crippen LogP contribution in [0.15, 0.2) is 82.2 Å². The molecular weight excluding hydrogens is 652 g/mol. The van der Waals surface area contributed by atoms with Crippen molar-refractivity contribution in [2.24, 2.45) is 0 Å². The Kier molecular flexibility index (Phi) is 9.82. The summed E-state index contributed by atoms with van der Waals surface area (Å²) in [6.45, 7) is 1.49. The van der Waals surface area contributed by atoms with Crippen molar-refractivity contribution in [3.63, 3.8) is 0 Å². The van der Waals surface area contributed by atoms with E-state index < -0.39 is 45.1 Å². The number of carbonyl (C=O) groups excluding carboxylic acids is 2. The van der Waals surface area contributed by atoms with Crippen LogP contribution in [0.5, 0.6) is 11.5 Å². The summed E-state index contributed by atoms with van der Waals surface area (Å²) in [6.07, 6.45) is 0. The molecule has 0 saturated carbocycles. The number of hydrogen-bond acceptors (Lipinski definition) is 9. The smallest absolute Gasteiger partial charge is 0.297 e. The number of quaternary nitrogens is 1. The zero-order valence-electron chi connectivity index (χ0n) is 24.4. The van der Waals surface area contributed by atoms with Gasteiger partial charge in [-0.1, -0.05) is 15.9 Å². The Hall–Kier alpha value is -3.21. The van der Waals surface area contributed by atoms with Crippen molar-refractivity contribution in [3.8, 4) is 11.5 Å². The van der Waals surface area contributed by atoms with Gasteiger partial charge >= 0.3 is 0 Å². The molecule has 234 valence electrons. The minimum Gasteiger partial charge on any atom is -0.631 e. The molecule has 2 fully saturated rings. The second-order valence-electron chi connectivity index (χ2n) is 11.0. The van der Waals surface area contributed by atoms with Gasteiger partial charge in [-0.15, -0.1) is 0 Å². The van der Waals surface area contributed by atoms with E-state index in [1.54, 1.807) is 24.3 Å². The molecule has 0 radical (unpaired) electrons. The number of benzene rings is 3. The van der Waals surface area contributed by atoms with Crippen LogP contribution in [0.25, 0.3) is 0 Å². The van der Waals surface area contributed by atoms with Gasteiger partial charge in [-0.2, -0.15) is 0 Å². The fourth-order valence-corrected chi connectivity index (χ4v) is 6.66. The monoisotopic (exact) mass is 686 g/mol. The number of rotatable bonds is 10. The highest BCUT2D eigenvalue weighted by molar-refractivity contribution is 9.10. The zero-order chi connectivity index (χ0) is 31.5. The number of nitrogens with one attached hydrogen (secondary N) is 3. The molecule has 0 spiro atoms. The van der Waals surface area contributed by atoms with Crippen LogP contribution in [0.2, 0.25) is 0 Å². The van der Waals surface area contributed by atoms with Gasteiger partial charge in [0.05, 0.1) is 23.7 Å². The topological polar surface area (TPSA) is 143 Å². The summed E-state index contributed by atoms with van der Waals surface area (Å²) in [5, 5.41) is 20.9. The van der Waals surface area contributed by atoms with Crippen LogP contribution >= 0.6 is 15.9 Å². The number of amides is 2. The summed E-state index contributed by atoms with van der Waals surface area (Å²) in [7, 11) is -0.114. The molecule has 5 rings (SSSR count). The van der Waals surface area contributed by atoms with Crippen LogP contribution in [0, 0.1) is 5.21 Å². The van der Waals surface area contributed by atoms with Gasteiger partial charge in [-0.05, 0) is 86.9 Å². The summed E-state index contributed by atoms with van der Waals surface area (Å²) in [5.74, 6) is -0.184. The van der Waals surface area contributed by atoms with Crippen LogP contribution in [-0.4, -0.2) is 89.3 Å². The van der Waals surface area contributed by atoms with Gasteiger partial charge in [0.1, 0.15) is 17.5 Å². The van der Waals surface area contributed by atoms with Gasteiger partial charge in [0.25, 0.3) is 11.8 Å². The number of ether oxygens (including phenoxy) is 1. The number of likely N-dealkylation sites (N-methyl/N-ethyl adjacent to an activating group) is 1. The lowest BCUT2D eigenvalue weighted by molar-refractivity contribution is -0.918. The number of hydrogen-bond donors (Lipinski definition) is 3. The van der Waals surface area contributed by atoms with E-state index in [1.165, 1.54) is 24.3 Å². The Morgan fingerprint density at radius 3 is 2.16 bits per heavy atom. The summed E-state index contributed by atoms with van der Waals surface area (Å²) in [5.41, 5.74) is 0.638. The lowest BCUT2D eigenvalue weighted by Crippen LogP contribution is -2.71. The van der Waals surface area contributed by atoms with Gasteiger partial charge in [0.15, 0.2) is 12.6 Å². The lowest BCUT2D eigenvalue weighted by atomic mass is 9.96. The highest BCUT2D eigenvalue weighted by atomic mass is 79.9. The molecule has 2 aliphatic heterocycles. The molecule has 2 atom stereocenters. The van der Waals surface area contributed by atoms with Crippen molar-refractivity contribution < 1.29 is 27.4 Å². The van der Waals surface area contributed by atoms with Crippen LogP contribution in [-0.2, 0) is 19.6 Å². The quantitative estimate of drug-likeness (QED) is 0.167. The highest BCUT2D eigenvalue weighted by Crippen LogP contribution is 2.39. The zero-order valence-corrected chi connectivity index (χ0v) is 26.8. The van der Waals surface area contributed by atoms with E-state index in [9.17, 15) is 23.2 Å². The van der Waals surface area contributed by atoms with Gasteiger partial charge in [0, 0.05) is 29.8 Å². The van der Waals surface area contributed by atoms with Crippen molar-refractivity contribution in [3.05, 3.63) is 88.0 Å². The van der Waals surface area contributed by atoms with Crippen molar-refractivity contribution in [1.82, 2.24) is 20.3 Å². The Balaban J connectivity index is 1.43. The van der Waals surface area contributed by atoms with Gasteiger partial charge in [-0.25, -0.2) is 18.0 Å². The fraction of sp³-hybridized carbons (Fsp3) is 0.333. The molecule has 3 aromatic rings. The molecule has 0 aromatic heterocycles. The number of carbonyl (C=O) groups is 2. The van der Waals surface area contributed by atoms with Crippen LogP contribution in [0.1, 0.15) is 11.6 Å². The number of piperazine rings is 1. The predicted octanol–water partition coefficient (Wildman–Crippen LogP) is 2.53. The Labute approximate surface area is 265 Å². The van der Waals surface area contributed by atoms with Crippen molar-refractivity contribution in [1.29, 1.82) is 0 Å². The van der Waals surface area contributed by atoms with E-state index in [-0.39, 0.29) is 17.1 Å². The lowest BCUT2D eigenvalue weighted by Gasteiger charge is -2.56. The molecule has 3 N–H and O–H groups in total. The molecule has 2 saturated heterocycles. The maximum atomic E-state index is 14.6. The SMILES string of the molecule is CN(C)CCNS(=O)(=O)c1ccc(N2C(=O)C[N+]([O-])(C3CNCNC3)C(c3ccc(Oc4ccc(Br)cc4)cc3)C2=O)cc1. The van der Waals surface area contributed by atoms with E-state index in [2.05, 4.69) is 31.3 Å². The molecule has 2 aliphatic rings. The second-order valence-corrected chi connectivity index (χ2v) is 13.7. The van der Waals surface area contributed by atoms with E-state index in [4.69, 9.17) is 4.74 Å². The first-order valence-corrected chi connectivity index (χ1v) is 16.4. The fourth-order valence-electron chi connectivity index (χ4n) is 5.38. The third-order valence-corrected chi connectivity index (χ3v) is 9.66. The van der Waals surface area contributed by atoms with Crippen LogP contribution in [0.3, 0.4) is 0 Å². The molecule has 44 heavy (non-hydrogen) atoms. The molecule has 14 heteroatoms. The van der Waals surface area contributed by atoms with E-state index in [1.807, 2.05) is 43.3 Å². The van der Waals surface area contributed by atoms with Crippen LogP contribution < -0.4 is 25.0 Å². The predicted molar refractivity (Wildman–Crippen MR) is 169 cm³/mol. The molecule has 3 aromatic carbocycles. The standard InChI is InChI=1S/C30H35BrN6O6S/c1-35(2)16-15-34-44(41,42)27-13-7-23(8-14-27)36-28(38)19-37(40,24-17-32-20-33-18-24)29(30(36)39)21-3-9-25(10-4-21)43-26-11-5-22(31)6-12-26/h3-14,24,29,32-34H,15-20H2,1-2H3. The molecule has 2 heterocycles. The Morgan fingerprint density at radius 2 is 1.57 bits per heavy atom. The van der Waals surface area contributed by atoms with Crippen LogP contribution in [0.4, 0.5) is 5.69 Å². The summed E-state index contributed by atoms with van der Waals surface area (Å²) >= 11 is 3.40.